The van der Waals surface area contributed by atoms with E-state index in [1.54, 1.807) is 0 Å². The Balaban J connectivity index is 1.88. The van der Waals surface area contributed by atoms with E-state index in [2.05, 4.69) is 17.0 Å². The van der Waals surface area contributed by atoms with Crippen molar-refractivity contribution in [1.29, 1.82) is 0 Å². The summed E-state index contributed by atoms with van der Waals surface area (Å²) in [6.07, 6.45) is 6.54. The molecule has 0 aliphatic rings. The van der Waals surface area contributed by atoms with Crippen molar-refractivity contribution in [3.8, 4) is 11.5 Å². The van der Waals surface area contributed by atoms with Crippen LogP contribution in [0.4, 0.5) is 0 Å². The van der Waals surface area contributed by atoms with E-state index in [4.69, 9.17) is 9.47 Å². The van der Waals surface area contributed by atoms with Crippen LogP contribution in [0, 0.1) is 0 Å². The molecule has 0 saturated heterocycles. The first-order valence-electron chi connectivity index (χ1n) is 8.46. The second kappa shape index (κ2) is 8.11. The number of fused-ring (bicyclic) bond motifs is 1. The average molecular weight is 359 g/mol. The van der Waals surface area contributed by atoms with Crippen molar-refractivity contribution in [2.45, 2.75) is 33.1 Å². The largest absolute Gasteiger partial charge is 0.490 e. The zero-order valence-electron chi connectivity index (χ0n) is 14.4. The lowest BCUT2D eigenvalue weighted by molar-refractivity contribution is 0.271. The molecule has 0 aliphatic carbocycles. The third kappa shape index (κ3) is 3.99. The summed E-state index contributed by atoms with van der Waals surface area (Å²) in [5, 5.41) is 3.93. The Hall–Kier alpha value is -2.41. The molecule has 0 fully saturated rings. The molecular weight excluding hydrogens is 338 g/mol. The second-order valence-corrected chi connectivity index (χ2v) is 6.57. The molecule has 0 bridgehead atoms. The summed E-state index contributed by atoms with van der Waals surface area (Å²) in [6.45, 7) is 5.33. The van der Waals surface area contributed by atoms with Gasteiger partial charge in [-0.2, -0.15) is 9.61 Å². The first-order chi connectivity index (χ1) is 12.2. The number of aromatic nitrogens is 3. The van der Waals surface area contributed by atoms with E-state index in [1.165, 1.54) is 22.2 Å². The molecule has 25 heavy (non-hydrogen) atoms. The van der Waals surface area contributed by atoms with Crippen molar-refractivity contribution in [1.82, 2.24) is 14.6 Å². The molecule has 0 aliphatic heterocycles. The van der Waals surface area contributed by atoms with Gasteiger partial charge < -0.3 is 9.47 Å². The van der Waals surface area contributed by atoms with Crippen LogP contribution < -0.4 is 19.6 Å². The maximum atomic E-state index is 12.3. The molecule has 2 aromatic heterocycles. The van der Waals surface area contributed by atoms with E-state index in [0.717, 1.165) is 30.6 Å². The van der Waals surface area contributed by atoms with E-state index in [1.807, 2.05) is 31.2 Å². The summed E-state index contributed by atoms with van der Waals surface area (Å²) < 4.78 is 13.4. The number of hydrogen-bond acceptors (Lipinski definition) is 6. The Morgan fingerprint density at radius 3 is 2.84 bits per heavy atom. The molecule has 132 valence electrons. The number of benzene rings is 1. The van der Waals surface area contributed by atoms with Gasteiger partial charge in [0.15, 0.2) is 11.5 Å². The molecule has 0 amide bonds. The van der Waals surface area contributed by atoms with Crippen LogP contribution in [-0.4, -0.2) is 27.8 Å². The minimum atomic E-state index is -0.157. The lowest BCUT2D eigenvalue weighted by Gasteiger charge is -2.12. The number of hydrogen-bond donors (Lipinski definition) is 0. The van der Waals surface area contributed by atoms with Gasteiger partial charge in [0, 0.05) is 0 Å². The second-order valence-electron chi connectivity index (χ2n) is 5.56. The summed E-state index contributed by atoms with van der Waals surface area (Å²) in [6, 6.07) is 5.71. The van der Waals surface area contributed by atoms with Gasteiger partial charge in [-0.3, -0.25) is 4.79 Å². The van der Waals surface area contributed by atoms with Crippen LogP contribution >= 0.6 is 11.3 Å². The third-order valence-electron chi connectivity index (χ3n) is 3.69. The van der Waals surface area contributed by atoms with Crippen molar-refractivity contribution in [2.75, 3.05) is 13.2 Å². The van der Waals surface area contributed by atoms with E-state index < -0.39 is 0 Å². The summed E-state index contributed by atoms with van der Waals surface area (Å²) in [7, 11) is 0. The average Bonchev–Trinajstić information content (AvgIpc) is 3.17. The molecule has 7 heteroatoms. The van der Waals surface area contributed by atoms with Crippen molar-refractivity contribution in [2.24, 2.45) is 0 Å². The van der Waals surface area contributed by atoms with Crippen LogP contribution in [0.25, 0.3) is 11.0 Å². The molecule has 3 rings (SSSR count). The smallest absolute Gasteiger partial charge is 0.291 e. The summed E-state index contributed by atoms with van der Waals surface area (Å²) in [5.74, 6) is 1.43. The topological polar surface area (TPSA) is 65.7 Å². The van der Waals surface area contributed by atoms with Crippen molar-refractivity contribution in [3.63, 3.8) is 0 Å². The molecular formula is C18H21N3O3S. The number of unbranched alkanes of at least 4 members (excludes halogenated alkanes) is 2. The highest BCUT2D eigenvalue weighted by atomic mass is 32.1. The molecule has 0 N–H and O–H groups in total. The number of nitrogens with zero attached hydrogens (tertiary/aromatic N) is 3. The molecule has 0 saturated carbocycles. The van der Waals surface area contributed by atoms with E-state index in [0.29, 0.717) is 28.5 Å². The Labute approximate surface area is 149 Å². The Kier molecular flexibility index (Phi) is 5.65. The van der Waals surface area contributed by atoms with E-state index >= 15 is 0 Å². The highest BCUT2D eigenvalue weighted by Crippen LogP contribution is 2.29. The van der Waals surface area contributed by atoms with Crippen LogP contribution in [0.5, 0.6) is 11.5 Å². The molecule has 0 radical (unpaired) electrons. The van der Waals surface area contributed by atoms with Gasteiger partial charge >= 0.3 is 0 Å². The van der Waals surface area contributed by atoms with Crippen LogP contribution in [0.1, 0.15) is 38.7 Å². The summed E-state index contributed by atoms with van der Waals surface area (Å²) in [5.41, 5.74) is 0.723. The quantitative estimate of drug-likeness (QED) is 0.579. The van der Waals surface area contributed by atoms with Crippen LogP contribution in [0.15, 0.2) is 29.3 Å². The fraction of sp³-hybridized carbons (Fsp3) is 0.389. The number of rotatable bonds is 8. The SMILES string of the molecule is CCCCCOc1ccc(/C=c2/sc3ncnn3c2=O)cc1OCC. The molecule has 0 spiro atoms. The van der Waals surface area contributed by atoms with Gasteiger partial charge in [0.05, 0.1) is 17.7 Å². The minimum Gasteiger partial charge on any atom is -0.490 e. The lowest BCUT2D eigenvalue weighted by Crippen LogP contribution is -2.23. The zero-order chi connectivity index (χ0) is 17.6. The Morgan fingerprint density at radius 2 is 2.08 bits per heavy atom. The van der Waals surface area contributed by atoms with Gasteiger partial charge in [-0.05, 0) is 37.1 Å². The van der Waals surface area contributed by atoms with Gasteiger partial charge in [0.2, 0.25) is 4.96 Å². The Bertz CT molecular complexity index is 948. The number of thiazole rings is 1. The zero-order valence-corrected chi connectivity index (χ0v) is 15.2. The molecule has 6 nitrogen and oxygen atoms in total. The maximum absolute atomic E-state index is 12.3. The van der Waals surface area contributed by atoms with Crippen LogP contribution in [0.2, 0.25) is 0 Å². The molecule has 2 heterocycles. The molecule has 1 aromatic carbocycles. The summed E-state index contributed by atoms with van der Waals surface area (Å²) >= 11 is 1.32. The number of ether oxygens (including phenoxy) is 2. The fourth-order valence-electron chi connectivity index (χ4n) is 2.46. The highest BCUT2D eigenvalue weighted by Gasteiger charge is 2.08. The predicted molar refractivity (Wildman–Crippen MR) is 98.6 cm³/mol. The van der Waals surface area contributed by atoms with E-state index in [-0.39, 0.29) is 5.56 Å². The first kappa shape index (κ1) is 17.4. The molecule has 0 atom stereocenters. The van der Waals surface area contributed by atoms with Gasteiger partial charge in [0.1, 0.15) is 6.33 Å². The van der Waals surface area contributed by atoms with Gasteiger partial charge in [0.25, 0.3) is 5.56 Å². The minimum absolute atomic E-state index is 0.157. The summed E-state index contributed by atoms with van der Waals surface area (Å²) in [4.78, 5) is 16.9. The highest BCUT2D eigenvalue weighted by molar-refractivity contribution is 7.15. The monoisotopic (exact) mass is 359 g/mol. The van der Waals surface area contributed by atoms with Crippen molar-refractivity contribution < 1.29 is 9.47 Å². The van der Waals surface area contributed by atoms with E-state index in [9.17, 15) is 4.79 Å². The normalized spacial score (nSPS) is 12.0. The molecule has 0 unspecified atom stereocenters. The molecule has 3 aromatic rings. The fourth-order valence-corrected chi connectivity index (χ4v) is 3.35. The lowest BCUT2D eigenvalue weighted by atomic mass is 10.2. The van der Waals surface area contributed by atoms with Crippen molar-refractivity contribution >= 4 is 22.4 Å². The standard InChI is InChI=1S/C18H21N3O3S/c1-3-5-6-9-24-14-8-7-13(10-15(14)23-4-2)11-16-17(22)21-18(25-16)19-12-20-21/h7-8,10-12H,3-6,9H2,1-2H3/b16-11+. The predicted octanol–water partition coefficient (Wildman–Crippen LogP) is 2.67. The third-order valence-corrected chi connectivity index (χ3v) is 4.67. The van der Waals surface area contributed by atoms with Crippen LogP contribution in [-0.2, 0) is 0 Å². The Morgan fingerprint density at radius 1 is 1.20 bits per heavy atom. The van der Waals surface area contributed by atoms with Crippen molar-refractivity contribution in [3.05, 3.63) is 45.0 Å². The first-order valence-corrected chi connectivity index (χ1v) is 9.28. The van der Waals surface area contributed by atoms with Gasteiger partial charge in [-0.15, -0.1) is 0 Å². The van der Waals surface area contributed by atoms with Gasteiger partial charge in [-0.1, -0.05) is 37.2 Å². The van der Waals surface area contributed by atoms with Gasteiger partial charge in [-0.25, -0.2) is 4.98 Å². The van der Waals surface area contributed by atoms with Crippen LogP contribution in [0.3, 0.4) is 0 Å². The maximum Gasteiger partial charge on any atom is 0.291 e.